The first-order valence-electron chi connectivity index (χ1n) is 6.50. The van der Waals surface area contributed by atoms with E-state index in [9.17, 15) is 9.90 Å². The molecular formula is C15H18N2O4. The second-order valence-electron chi connectivity index (χ2n) is 4.66. The van der Waals surface area contributed by atoms with Gasteiger partial charge in [0.1, 0.15) is 11.9 Å². The van der Waals surface area contributed by atoms with Crippen molar-refractivity contribution in [3.63, 3.8) is 0 Å². The van der Waals surface area contributed by atoms with E-state index >= 15 is 0 Å². The highest BCUT2D eigenvalue weighted by molar-refractivity contribution is 5.38. The zero-order valence-corrected chi connectivity index (χ0v) is 12.2. The lowest BCUT2D eigenvalue weighted by Gasteiger charge is -2.16. The van der Waals surface area contributed by atoms with Crippen molar-refractivity contribution in [2.75, 3.05) is 14.2 Å². The number of hydrogen-bond donors (Lipinski definition) is 1. The summed E-state index contributed by atoms with van der Waals surface area (Å²) in [4.78, 5) is 11.8. The van der Waals surface area contributed by atoms with Gasteiger partial charge in [-0.1, -0.05) is 11.6 Å². The van der Waals surface area contributed by atoms with Crippen molar-refractivity contribution in [1.82, 2.24) is 9.78 Å². The van der Waals surface area contributed by atoms with Gasteiger partial charge in [-0.2, -0.15) is 0 Å². The molecule has 0 aliphatic carbocycles. The number of nitrogens with zero attached hydrogens (tertiary/aromatic N) is 2. The maximum atomic E-state index is 11.8. The Balaban J connectivity index is 2.31. The molecule has 2 rings (SSSR count). The third kappa shape index (κ3) is 3.41. The minimum absolute atomic E-state index is 0.0237. The van der Waals surface area contributed by atoms with Gasteiger partial charge >= 0.3 is 0 Å². The minimum Gasteiger partial charge on any atom is -0.496 e. The van der Waals surface area contributed by atoms with E-state index in [2.05, 4.69) is 5.10 Å². The lowest BCUT2D eigenvalue weighted by molar-refractivity contribution is 0.144. The number of methoxy groups -OCH3 is 2. The van der Waals surface area contributed by atoms with E-state index in [0.717, 1.165) is 5.56 Å². The van der Waals surface area contributed by atoms with Crippen LogP contribution >= 0.6 is 0 Å². The van der Waals surface area contributed by atoms with Crippen LogP contribution < -0.4 is 15.0 Å². The lowest BCUT2D eigenvalue weighted by atomic mass is 10.1. The molecule has 0 bridgehead atoms. The Hall–Kier alpha value is -2.34. The van der Waals surface area contributed by atoms with Gasteiger partial charge in [-0.05, 0) is 19.1 Å². The van der Waals surface area contributed by atoms with Crippen molar-refractivity contribution < 1.29 is 14.6 Å². The molecule has 1 N–H and O–H groups in total. The van der Waals surface area contributed by atoms with E-state index in [1.54, 1.807) is 6.07 Å². The topological polar surface area (TPSA) is 73.6 Å². The standard InChI is InChI=1S/C15H18N2O4/c1-10-4-5-13(20-2)11(8-10)12(18)9-17-15(19)7-6-14(16-17)21-3/h4-8,12,18H,9H2,1-3H3. The third-order valence-corrected chi connectivity index (χ3v) is 3.14. The SMILES string of the molecule is COc1ccc(=O)n(CC(O)c2cc(C)ccc2OC)n1. The zero-order valence-electron chi connectivity index (χ0n) is 12.2. The molecule has 0 aliphatic heterocycles. The summed E-state index contributed by atoms with van der Waals surface area (Å²) < 4.78 is 11.4. The molecule has 1 atom stereocenters. The predicted octanol–water partition coefficient (Wildman–Crippen LogP) is 1.30. The van der Waals surface area contributed by atoms with Crippen molar-refractivity contribution >= 4 is 0 Å². The second kappa shape index (κ2) is 6.41. The quantitative estimate of drug-likeness (QED) is 0.898. The summed E-state index contributed by atoms with van der Waals surface area (Å²) in [6, 6.07) is 8.35. The van der Waals surface area contributed by atoms with Crippen molar-refractivity contribution in [1.29, 1.82) is 0 Å². The van der Waals surface area contributed by atoms with Crippen LogP contribution in [0.3, 0.4) is 0 Å². The summed E-state index contributed by atoms with van der Waals surface area (Å²) in [5.74, 6) is 0.891. The predicted molar refractivity (Wildman–Crippen MR) is 77.7 cm³/mol. The molecule has 0 spiro atoms. The molecule has 21 heavy (non-hydrogen) atoms. The zero-order chi connectivity index (χ0) is 15.4. The molecule has 1 unspecified atom stereocenters. The number of ether oxygens (including phenoxy) is 2. The number of rotatable bonds is 5. The smallest absolute Gasteiger partial charge is 0.267 e. The van der Waals surface area contributed by atoms with Crippen LogP contribution in [0.5, 0.6) is 11.6 Å². The molecule has 0 radical (unpaired) electrons. The maximum absolute atomic E-state index is 11.8. The van der Waals surface area contributed by atoms with Crippen LogP contribution in [0, 0.1) is 6.92 Å². The number of aromatic nitrogens is 2. The Morgan fingerprint density at radius 1 is 1.24 bits per heavy atom. The van der Waals surface area contributed by atoms with Gasteiger partial charge in [0.2, 0.25) is 5.88 Å². The van der Waals surface area contributed by atoms with Gasteiger partial charge in [0.25, 0.3) is 5.56 Å². The number of hydrogen-bond acceptors (Lipinski definition) is 5. The van der Waals surface area contributed by atoms with Crippen LogP contribution in [0.4, 0.5) is 0 Å². The van der Waals surface area contributed by atoms with Crippen LogP contribution in [0.15, 0.2) is 35.1 Å². The minimum atomic E-state index is -0.905. The van der Waals surface area contributed by atoms with Gasteiger partial charge < -0.3 is 14.6 Å². The first-order chi connectivity index (χ1) is 10.0. The third-order valence-electron chi connectivity index (χ3n) is 3.14. The largest absolute Gasteiger partial charge is 0.496 e. The molecule has 0 aliphatic rings. The summed E-state index contributed by atoms with van der Waals surface area (Å²) in [5, 5.41) is 14.4. The lowest BCUT2D eigenvalue weighted by Crippen LogP contribution is -2.25. The molecule has 1 aromatic heterocycles. The number of aliphatic hydroxyl groups excluding tert-OH is 1. The fourth-order valence-electron chi connectivity index (χ4n) is 2.05. The van der Waals surface area contributed by atoms with Crippen LogP contribution in [0.2, 0.25) is 0 Å². The van der Waals surface area contributed by atoms with E-state index in [4.69, 9.17) is 9.47 Å². The Morgan fingerprint density at radius 2 is 2.00 bits per heavy atom. The summed E-state index contributed by atoms with van der Waals surface area (Å²) in [7, 11) is 3.01. The normalized spacial score (nSPS) is 12.0. The fraction of sp³-hybridized carbons (Fsp3) is 0.333. The van der Waals surface area contributed by atoms with Gasteiger partial charge in [0.05, 0.1) is 20.8 Å². The molecule has 0 saturated carbocycles. The fourth-order valence-corrected chi connectivity index (χ4v) is 2.05. The molecule has 1 aromatic carbocycles. The molecule has 0 amide bonds. The van der Waals surface area contributed by atoms with Gasteiger partial charge in [0.15, 0.2) is 0 Å². The second-order valence-corrected chi connectivity index (χ2v) is 4.66. The average Bonchev–Trinajstić information content (AvgIpc) is 2.49. The van der Waals surface area contributed by atoms with Crippen LogP contribution in [0.25, 0.3) is 0 Å². The monoisotopic (exact) mass is 290 g/mol. The van der Waals surface area contributed by atoms with Crippen LogP contribution in [-0.2, 0) is 6.54 Å². The van der Waals surface area contributed by atoms with Crippen LogP contribution in [-0.4, -0.2) is 29.1 Å². The molecule has 1 heterocycles. The Morgan fingerprint density at radius 3 is 2.67 bits per heavy atom. The maximum Gasteiger partial charge on any atom is 0.267 e. The Kier molecular flexibility index (Phi) is 4.59. The number of aliphatic hydroxyl groups is 1. The van der Waals surface area contributed by atoms with Crippen molar-refractivity contribution in [2.45, 2.75) is 19.6 Å². The van der Waals surface area contributed by atoms with E-state index in [0.29, 0.717) is 17.2 Å². The summed E-state index contributed by atoms with van der Waals surface area (Å²) in [6.45, 7) is 1.95. The van der Waals surface area contributed by atoms with Crippen molar-refractivity contribution in [2.24, 2.45) is 0 Å². The summed E-state index contributed by atoms with van der Waals surface area (Å²) in [5.41, 5.74) is 1.31. The van der Waals surface area contributed by atoms with Gasteiger partial charge in [0, 0.05) is 17.7 Å². The van der Waals surface area contributed by atoms with E-state index in [1.807, 2.05) is 19.1 Å². The molecule has 6 nitrogen and oxygen atoms in total. The van der Waals surface area contributed by atoms with Gasteiger partial charge in [-0.25, -0.2) is 4.68 Å². The van der Waals surface area contributed by atoms with E-state index in [1.165, 1.54) is 31.0 Å². The first-order valence-corrected chi connectivity index (χ1v) is 6.50. The van der Waals surface area contributed by atoms with E-state index in [-0.39, 0.29) is 12.1 Å². The summed E-state index contributed by atoms with van der Waals surface area (Å²) >= 11 is 0. The summed E-state index contributed by atoms with van der Waals surface area (Å²) in [6.07, 6.45) is -0.905. The highest BCUT2D eigenvalue weighted by Crippen LogP contribution is 2.27. The molecular weight excluding hydrogens is 272 g/mol. The Labute approximate surface area is 122 Å². The van der Waals surface area contributed by atoms with Gasteiger partial charge in [-0.3, -0.25) is 4.79 Å². The molecule has 0 saturated heterocycles. The molecule has 6 heteroatoms. The highest BCUT2D eigenvalue weighted by atomic mass is 16.5. The molecule has 2 aromatic rings. The number of benzene rings is 1. The van der Waals surface area contributed by atoms with Gasteiger partial charge in [-0.15, -0.1) is 5.10 Å². The highest BCUT2D eigenvalue weighted by Gasteiger charge is 2.15. The Bertz CT molecular complexity index is 682. The van der Waals surface area contributed by atoms with E-state index < -0.39 is 6.10 Å². The van der Waals surface area contributed by atoms with Crippen molar-refractivity contribution in [3.05, 3.63) is 51.8 Å². The molecule has 112 valence electrons. The number of aryl methyl sites for hydroxylation is 1. The molecule has 0 fully saturated rings. The first kappa shape index (κ1) is 15.1. The van der Waals surface area contributed by atoms with Crippen molar-refractivity contribution in [3.8, 4) is 11.6 Å². The average molecular weight is 290 g/mol. The van der Waals surface area contributed by atoms with Crippen LogP contribution in [0.1, 0.15) is 17.2 Å².